The summed E-state index contributed by atoms with van der Waals surface area (Å²) < 4.78 is 10.9. The predicted molar refractivity (Wildman–Crippen MR) is 64.0 cm³/mol. The Labute approximate surface area is 99.9 Å². The molecule has 5 nitrogen and oxygen atoms in total. The number of benzene rings is 1. The van der Waals surface area contributed by atoms with Crippen LogP contribution < -0.4 is 15.8 Å². The molecule has 0 radical (unpaired) electrons. The number of para-hydroxylation sites is 2. The maximum Gasteiger partial charge on any atom is 0.245 e. The molecule has 17 heavy (non-hydrogen) atoms. The lowest BCUT2D eigenvalue weighted by molar-refractivity contribution is -0.123. The van der Waals surface area contributed by atoms with Crippen LogP contribution in [0.3, 0.4) is 0 Å². The summed E-state index contributed by atoms with van der Waals surface area (Å²) in [7, 11) is 1.55. The number of anilines is 1. The smallest absolute Gasteiger partial charge is 0.245 e. The number of nitrogens with two attached hydrogens (primary N) is 1. The van der Waals surface area contributed by atoms with Gasteiger partial charge in [-0.15, -0.1) is 0 Å². The molecule has 0 bridgehead atoms. The second-order valence-electron chi connectivity index (χ2n) is 4.31. The van der Waals surface area contributed by atoms with Crippen LogP contribution in [0.15, 0.2) is 24.3 Å². The highest BCUT2D eigenvalue weighted by molar-refractivity contribution is 5.97. The van der Waals surface area contributed by atoms with Gasteiger partial charge in [-0.1, -0.05) is 12.1 Å². The first kappa shape index (κ1) is 11.9. The zero-order valence-electron chi connectivity index (χ0n) is 9.90. The zero-order chi connectivity index (χ0) is 12.5. The van der Waals surface area contributed by atoms with Crippen molar-refractivity contribution in [2.45, 2.75) is 18.6 Å². The molecule has 0 aliphatic carbocycles. The van der Waals surface area contributed by atoms with Crippen molar-refractivity contribution in [2.75, 3.05) is 19.0 Å². The van der Waals surface area contributed by atoms with E-state index >= 15 is 0 Å². The second-order valence-corrected chi connectivity index (χ2v) is 4.31. The van der Waals surface area contributed by atoms with Crippen LogP contribution in [0.5, 0.6) is 5.75 Å². The number of carbonyl (C=O) groups is 1. The van der Waals surface area contributed by atoms with Crippen molar-refractivity contribution < 1.29 is 14.3 Å². The Balaban J connectivity index is 2.41. The molecule has 5 heteroatoms. The van der Waals surface area contributed by atoms with Gasteiger partial charge in [-0.05, 0) is 19.1 Å². The molecule has 1 aliphatic rings. The van der Waals surface area contributed by atoms with Crippen LogP contribution in [0.4, 0.5) is 5.69 Å². The van der Waals surface area contributed by atoms with Gasteiger partial charge < -0.3 is 20.5 Å². The van der Waals surface area contributed by atoms with E-state index in [9.17, 15) is 4.79 Å². The molecular weight excluding hydrogens is 220 g/mol. The molecule has 1 heterocycles. The summed E-state index contributed by atoms with van der Waals surface area (Å²) in [5.41, 5.74) is 5.67. The third-order valence-corrected chi connectivity index (χ3v) is 2.86. The number of rotatable bonds is 2. The Morgan fingerprint density at radius 2 is 2.24 bits per heavy atom. The van der Waals surface area contributed by atoms with E-state index in [1.165, 1.54) is 0 Å². The maximum atomic E-state index is 11.9. The van der Waals surface area contributed by atoms with Crippen molar-refractivity contribution >= 4 is 11.6 Å². The number of amides is 1. The average molecular weight is 236 g/mol. The molecule has 2 atom stereocenters. The quantitative estimate of drug-likeness (QED) is 0.794. The molecule has 0 saturated carbocycles. The largest absolute Gasteiger partial charge is 0.481 e. The highest BCUT2D eigenvalue weighted by atomic mass is 16.5. The summed E-state index contributed by atoms with van der Waals surface area (Å²) in [5.74, 6) is 0.336. The van der Waals surface area contributed by atoms with Crippen LogP contribution in [0, 0.1) is 0 Å². The molecule has 92 valence electrons. The number of methoxy groups -OCH3 is 1. The van der Waals surface area contributed by atoms with Crippen molar-refractivity contribution in [2.24, 2.45) is 5.73 Å². The summed E-state index contributed by atoms with van der Waals surface area (Å²) in [6.07, 6.45) is 0. The first-order valence-electron chi connectivity index (χ1n) is 5.40. The molecule has 2 rings (SSSR count). The first-order chi connectivity index (χ1) is 8.07. The van der Waals surface area contributed by atoms with Crippen LogP contribution >= 0.6 is 0 Å². The Morgan fingerprint density at radius 3 is 2.94 bits per heavy atom. The van der Waals surface area contributed by atoms with Crippen LogP contribution in [-0.2, 0) is 9.53 Å². The zero-order valence-corrected chi connectivity index (χ0v) is 9.90. The topological polar surface area (TPSA) is 73.6 Å². The minimum Gasteiger partial charge on any atom is -0.481 e. The Kier molecular flexibility index (Phi) is 3.04. The fourth-order valence-electron chi connectivity index (χ4n) is 1.87. The summed E-state index contributed by atoms with van der Waals surface area (Å²) in [5, 5.41) is 2.74. The van der Waals surface area contributed by atoms with E-state index in [4.69, 9.17) is 15.2 Å². The average Bonchev–Trinajstić information content (AvgIpc) is 2.38. The van der Waals surface area contributed by atoms with Gasteiger partial charge in [0.15, 0.2) is 5.60 Å². The molecule has 2 unspecified atom stereocenters. The molecule has 3 N–H and O–H groups in total. The number of fused-ring (bicyclic) bond motifs is 1. The van der Waals surface area contributed by atoms with E-state index in [0.29, 0.717) is 11.4 Å². The molecule has 1 aromatic carbocycles. The van der Waals surface area contributed by atoms with E-state index < -0.39 is 11.6 Å². The van der Waals surface area contributed by atoms with Gasteiger partial charge >= 0.3 is 0 Å². The number of carbonyl (C=O) groups excluding carboxylic acids is 1. The van der Waals surface area contributed by atoms with Crippen molar-refractivity contribution in [1.82, 2.24) is 0 Å². The van der Waals surface area contributed by atoms with Crippen molar-refractivity contribution in [3.05, 3.63) is 24.3 Å². The molecule has 0 aromatic heterocycles. The van der Waals surface area contributed by atoms with Crippen LogP contribution in [0.1, 0.15) is 6.92 Å². The van der Waals surface area contributed by atoms with Crippen LogP contribution in [0.25, 0.3) is 0 Å². The van der Waals surface area contributed by atoms with Gasteiger partial charge in [-0.2, -0.15) is 0 Å². The first-order valence-corrected chi connectivity index (χ1v) is 5.40. The summed E-state index contributed by atoms with van der Waals surface area (Å²) >= 11 is 0. The van der Waals surface area contributed by atoms with Gasteiger partial charge in [0.1, 0.15) is 11.8 Å². The molecular formula is C12H16N2O3. The fourth-order valence-corrected chi connectivity index (χ4v) is 1.87. The Morgan fingerprint density at radius 1 is 1.53 bits per heavy atom. The van der Waals surface area contributed by atoms with E-state index in [0.717, 1.165) is 0 Å². The molecule has 1 aromatic rings. The lowest BCUT2D eigenvalue weighted by Crippen LogP contribution is -2.57. The standard InChI is InChI=1S/C12H16N2O3/c1-12(7-16-2)10(13)11(15)14-8-5-3-4-6-9(8)17-12/h3-6,10H,7,13H2,1-2H3,(H,14,15). The third kappa shape index (κ3) is 2.11. The third-order valence-electron chi connectivity index (χ3n) is 2.86. The molecule has 1 amide bonds. The summed E-state index contributed by atoms with van der Waals surface area (Å²) in [6.45, 7) is 2.01. The monoisotopic (exact) mass is 236 g/mol. The number of hydrogen-bond acceptors (Lipinski definition) is 4. The van der Waals surface area contributed by atoms with E-state index in [2.05, 4.69) is 5.32 Å². The number of hydrogen-bond donors (Lipinski definition) is 2. The lowest BCUT2D eigenvalue weighted by atomic mass is 9.97. The fraction of sp³-hybridized carbons (Fsp3) is 0.417. The molecule has 1 aliphatic heterocycles. The molecule has 0 saturated heterocycles. The van der Waals surface area contributed by atoms with Gasteiger partial charge in [0.05, 0.1) is 12.3 Å². The minimum atomic E-state index is -0.870. The van der Waals surface area contributed by atoms with Gasteiger partial charge in [-0.3, -0.25) is 4.79 Å². The molecule has 0 fully saturated rings. The van der Waals surface area contributed by atoms with Crippen LogP contribution in [-0.4, -0.2) is 31.3 Å². The molecule has 0 spiro atoms. The summed E-state index contributed by atoms with van der Waals surface area (Å²) in [4.78, 5) is 11.9. The normalized spacial score (nSPS) is 27.7. The van der Waals surface area contributed by atoms with E-state index in [-0.39, 0.29) is 12.5 Å². The van der Waals surface area contributed by atoms with Gasteiger partial charge in [0.25, 0.3) is 0 Å². The lowest BCUT2D eigenvalue weighted by Gasteiger charge is -2.32. The Hall–Kier alpha value is -1.59. The van der Waals surface area contributed by atoms with E-state index in [1.807, 2.05) is 12.1 Å². The van der Waals surface area contributed by atoms with Gasteiger partial charge in [0, 0.05) is 7.11 Å². The number of ether oxygens (including phenoxy) is 2. The SMILES string of the molecule is COCC1(C)Oc2ccccc2NC(=O)C1N. The van der Waals surface area contributed by atoms with E-state index in [1.54, 1.807) is 26.2 Å². The van der Waals surface area contributed by atoms with Gasteiger partial charge in [0.2, 0.25) is 5.91 Å². The van der Waals surface area contributed by atoms with Crippen molar-refractivity contribution in [3.63, 3.8) is 0 Å². The Bertz CT molecular complexity index is 436. The highest BCUT2D eigenvalue weighted by Gasteiger charge is 2.41. The van der Waals surface area contributed by atoms with Crippen LogP contribution in [0.2, 0.25) is 0 Å². The highest BCUT2D eigenvalue weighted by Crippen LogP contribution is 2.32. The number of nitrogens with one attached hydrogen (secondary N) is 1. The summed E-state index contributed by atoms with van der Waals surface area (Å²) in [6, 6.07) is 6.46. The maximum absolute atomic E-state index is 11.9. The second kappa shape index (κ2) is 4.35. The van der Waals surface area contributed by atoms with Gasteiger partial charge in [-0.25, -0.2) is 0 Å². The van der Waals surface area contributed by atoms with Crippen molar-refractivity contribution in [1.29, 1.82) is 0 Å². The minimum absolute atomic E-state index is 0.246. The predicted octanol–water partition coefficient (Wildman–Crippen LogP) is 0.750. The van der Waals surface area contributed by atoms with Crippen molar-refractivity contribution in [3.8, 4) is 5.75 Å².